The molecule has 0 aliphatic rings. The van der Waals surface area contributed by atoms with Gasteiger partial charge in [-0.15, -0.1) is 0 Å². The van der Waals surface area contributed by atoms with Gasteiger partial charge >= 0.3 is 5.97 Å². The Bertz CT molecular complexity index is 203. The average molecular weight is 203 g/mol. The maximum absolute atomic E-state index is 10.5. The molecular formula is C7H13N3O4. The smallest absolute Gasteiger partial charge is 0.342 e. The molecule has 80 valence electrons. The first-order valence-corrected chi connectivity index (χ1v) is 4.22. The maximum Gasteiger partial charge on any atom is 0.342 e. The second-order valence-corrected chi connectivity index (χ2v) is 2.20. The highest BCUT2D eigenvalue weighted by Gasteiger charge is 1.98. The normalized spacial score (nSPS) is 9.21. The minimum absolute atomic E-state index is 0.169. The van der Waals surface area contributed by atoms with Crippen molar-refractivity contribution in [3.05, 3.63) is 10.4 Å². The van der Waals surface area contributed by atoms with Crippen LogP contribution in [-0.2, 0) is 19.3 Å². The van der Waals surface area contributed by atoms with Crippen LogP contribution in [0.3, 0.4) is 0 Å². The third kappa shape index (κ3) is 8.79. The summed E-state index contributed by atoms with van der Waals surface area (Å²) < 4.78 is 4.97. The lowest BCUT2D eigenvalue weighted by Gasteiger charge is -2.02. The van der Waals surface area contributed by atoms with Crippen molar-refractivity contribution in [1.29, 1.82) is 0 Å². The van der Waals surface area contributed by atoms with Crippen LogP contribution in [0.1, 0.15) is 13.3 Å². The van der Waals surface area contributed by atoms with Gasteiger partial charge in [-0.1, -0.05) is 12.0 Å². The molecule has 0 N–H and O–H groups in total. The zero-order valence-corrected chi connectivity index (χ0v) is 8.01. The Kier molecular flexibility index (Phi) is 8.88. The quantitative estimate of drug-likeness (QED) is 0.148. The summed E-state index contributed by atoms with van der Waals surface area (Å²) in [7, 11) is 0. The molecule has 0 amide bonds. The van der Waals surface area contributed by atoms with E-state index in [4.69, 9.17) is 10.3 Å². The molecule has 0 fully saturated rings. The van der Waals surface area contributed by atoms with Gasteiger partial charge in [-0.2, -0.15) is 4.89 Å². The third-order valence-electron chi connectivity index (χ3n) is 1.15. The standard InChI is InChI=1S/C7H13N3O4/c1-2-7(11)14-13-6-5-12-4-3-9-10-8/h2-6H2,1H3. The predicted molar refractivity (Wildman–Crippen MR) is 47.2 cm³/mol. The molecule has 0 atom stereocenters. The van der Waals surface area contributed by atoms with Gasteiger partial charge in [0.2, 0.25) is 0 Å². The number of ether oxygens (including phenoxy) is 1. The number of rotatable bonds is 8. The van der Waals surface area contributed by atoms with E-state index in [9.17, 15) is 4.79 Å². The first kappa shape index (κ1) is 12.7. The number of hydrogen-bond acceptors (Lipinski definition) is 5. The van der Waals surface area contributed by atoms with Gasteiger partial charge < -0.3 is 4.74 Å². The summed E-state index contributed by atoms with van der Waals surface area (Å²) >= 11 is 0. The molecule has 0 aromatic rings. The van der Waals surface area contributed by atoms with Crippen molar-refractivity contribution >= 4 is 5.97 Å². The van der Waals surface area contributed by atoms with Crippen LogP contribution in [0.5, 0.6) is 0 Å². The first-order chi connectivity index (χ1) is 6.81. The molecule has 0 radical (unpaired) electrons. The largest absolute Gasteiger partial charge is 0.379 e. The average Bonchev–Trinajstić information content (AvgIpc) is 2.21. The van der Waals surface area contributed by atoms with E-state index in [-0.39, 0.29) is 26.2 Å². The van der Waals surface area contributed by atoms with Crippen molar-refractivity contribution in [2.24, 2.45) is 5.11 Å². The number of carbonyl (C=O) groups is 1. The van der Waals surface area contributed by atoms with E-state index in [0.717, 1.165) is 0 Å². The molecule has 0 saturated carbocycles. The fourth-order valence-electron chi connectivity index (χ4n) is 0.511. The molecule has 0 saturated heterocycles. The van der Waals surface area contributed by atoms with Gasteiger partial charge in [-0.25, -0.2) is 4.79 Å². The molecule has 0 aliphatic carbocycles. The van der Waals surface area contributed by atoms with Crippen LogP contribution in [0.25, 0.3) is 10.4 Å². The van der Waals surface area contributed by atoms with E-state index in [1.54, 1.807) is 6.92 Å². The molecule has 0 rings (SSSR count). The highest BCUT2D eigenvalue weighted by Crippen LogP contribution is 1.86. The van der Waals surface area contributed by atoms with Crippen molar-refractivity contribution in [2.45, 2.75) is 13.3 Å². The van der Waals surface area contributed by atoms with Crippen LogP contribution in [0, 0.1) is 0 Å². The second-order valence-electron chi connectivity index (χ2n) is 2.20. The summed E-state index contributed by atoms with van der Waals surface area (Å²) in [6.45, 7) is 2.74. The van der Waals surface area contributed by atoms with Gasteiger partial charge in [-0.05, 0) is 5.53 Å². The number of nitrogens with zero attached hydrogens (tertiary/aromatic N) is 3. The van der Waals surface area contributed by atoms with Gasteiger partial charge in [0.25, 0.3) is 0 Å². The van der Waals surface area contributed by atoms with Crippen LogP contribution in [0.4, 0.5) is 0 Å². The van der Waals surface area contributed by atoms with Gasteiger partial charge in [-0.3, -0.25) is 4.89 Å². The van der Waals surface area contributed by atoms with Crippen molar-refractivity contribution < 1.29 is 19.3 Å². The van der Waals surface area contributed by atoms with Crippen molar-refractivity contribution in [3.63, 3.8) is 0 Å². The molecule has 7 nitrogen and oxygen atoms in total. The lowest BCUT2D eigenvalue weighted by molar-refractivity contribution is -0.276. The Labute approximate surface area is 81.5 Å². The zero-order chi connectivity index (χ0) is 10.6. The Hall–Kier alpha value is -1.30. The van der Waals surface area contributed by atoms with Gasteiger partial charge in [0, 0.05) is 17.9 Å². The summed E-state index contributed by atoms with van der Waals surface area (Å²) in [5.41, 5.74) is 7.92. The van der Waals surface area contributed by atoms with E-state index in [0.29, 0.717) is 6.61 Å². The molecule has 0 bridgehead atoms. The molecular weight excluding hydrogens is 190 g/mol. The van der Waals surface area contributed by atoms with E-state index in [1.807, 2.05) is 0 Å². The van der Waals surface area contributed by atoms with E-state index in [1.165, 1.54) is 0 Å². The highest BCUT2D eigenvalue weighted by molar-refractivity contribution is 5.68. The summed E-state index contributed by atoms with van der Waals surface area (Å²) in [5, 5.41) is 3.26. The molecule has 0 heterocycles. The minimum Gasteiger partial charge on any atom is -0.379 e. The van der Waals surface area contributed by atoms with Crippen molar-refractivity contribution in [2.75, 3.05) is 26.4 Å². The fraction of sp³-hybridized carbons (Fsp3) is 0.857. The number of carbonyl (C=O) groups excluding carboxylic acids is 1. The Balaban J connectivity index is 3.06. The fourth-order valence-corrected chi connectivity index (χ4v) is 0.511. The molecule has 0 aliphatic heterocycles. The van der Waals surface area contributed by atoms with Gasteiger partial charge in [0.05, 0.1) is 13.2 Å². The maximum atomic E-state index is 10.5. The van der Waals surface area contributed by atoms with Crippen LogP contribution in [0.15, 0.2) is 5.11 Å². The monoisotopic (exact) mass is 203 g/mol. The molecule has 0 unspecified atom stereocenters. The van der Waals surface area contributed by atoms with Crippen molar-refractivity contribution in [1.82, 2.24) is 0 Å². The summed E-state index contributed by atoms with van der Waals surface area (Å²) in [4.78, 5) is 21.9. The Morgan fingerprint density at radius 3 is 2.86 bits per heavy atom. The van der Waals surface area contributed by atoms with Crippen LogP contribution in [0.2, 0.25) is 0 Å². The first-order valence-electron chi connectivity index (χ1n) is 4.22. The molecule has 7 heteroatoms. The number of hydrogen-bond donors (Lipinski definition) is 0. The summed E-state index contributed by atoms with van der Waals surface area (Å²) in [6.07, 6.45) is 0.276. The molecule has 0 spiro atoms. The van der Waals surface area contributed by atoms with E-state index in [2.05, 4.69) is 19.8 Å². The second kappa shape index (κ2) is 9.79. The van der Waals surface area contributed by atoms with Gasteiger partial charge in [0.15, 0.2) is 0 Å². The number of azide groups is 1. The minimum atomic E-state index is -0.418. The lowest BCUT2D eigenvalue weighted by atomic mass is 10.5. The lowest BCUT2D eigenvalue weighted by Crippen LogP contribution is -2.10. The molecule has 0 aromatic heterocycles. The predicted octanol–water partition coefficient (Wildman–Crippen LogP) is 1.20. The Morgan fingerprint density at radius 1 is 1.43 bits per heavy atom. The summed E-state index contributed by atoms with van der Waals surface area (Å²) in [5.74, 6) is -0.418. The topological polar surface area (TPSA) is 93.5 Å². The molecule has 14 heavy (non-hydrogen) atoms. The molecule has 0 aromatic carbocycles. The van der Waals surface area contributed by atoms with Gasteiger partial charge in [0.1, 0.15) is 6.61 Å². The van der Waals surface area contributed by atoms with E-state index < -0.39 is 5.97 Å². The summed E-state index contributed by atoms with van der Waals surface area (Å²) in [6, 6.07) is 0. The van der Waals surface area contributed by atoms with E-state index >= 15 is 0 Å². The van der Waals surface area contributed by atoms with Crippen molar-refractivity contribution in [3.8, 4) is 0 Å². The van der Waals surface area contributed by atoms with Crippen LogP contribution in [-0.4, -0.2) is 32.3 Å². The SMILES string of the molecule is CCC(=O)OOCCOCCN=[N+]=[N-]. The zero-order valence-electron chi connectivity index (χ0n) is 8.01. The third-order valence-corrected chi connectivity index (χ3v) is 1.15. The Morgan fingerprint density at radius 2 is 2.21 bits per heavy atom. The highest BCUT2D eigenvalue weighted by atomic mass is 17.2. The van der Waals surface area contributed by atoms with Crippen LogP contribution < -0.4 is 0 Å². The van der Waals surface area contributed by atoms with Crippen LogP contribution >= 0.6 is 0 Å².